The van der Waals surface area contributed by atoms with Gasteiger partial charge in [0, 0.05) is 11.3 Å². The van der Waals surface area contributed by atoms with E-state index in [1.807, 2.05) is 0 Å². The van der Waals surface area contributed by atoms with Crippen LogP contribution in [0.3, 0.4) is 0 Å². The highest BCUT2D eigenvalue weighted by Crippen LogP contribution is 2.16. The number of rotatable bonds is 10. The molecule has 7 nitrogen and oxygen atoms in total. The van der Waals surface area contributed by atoms with Gasteiger partial charge in [-0.15, -0.1) is 0 Å². The van der Waals surface area contributed by atoms with Gasteiger partial charge in [-0.3, -0.25) is 14.1 Å². The number of ketones is 1. The van der Waals surface area contributed by atoms with Gasteiger partial charge in [-0.2, -0.15) is 20.2 Å². The van der Waals surface area contributed by atoms with E-state index in [1.165, 1.54) is 23.9 Å². The number of carbonyl (C=O) groups excluding carboxylic acids is 2. The molecule has 0 saturated carbocycles. The summed E-state index contributed by atoms with van der Waals surface area (Å²) in [6.45, 7) is 1.90. The summed E-state index contributed by atoms with van der Waals surface area (Å²) in [5.74, 6) is -0.711. The maximum atomic E-state index is 12.3. The van der Waals surface area contributed by atoms with Crippen LogP contribution in [0.1, 0.15) is 23.7 Å². The molecule has 9 heteroatoms. The molecule has 0 aliphatic heterocycles. The second-order valence-electron chi connectivity index (χ2n) is 4.96. The van der Waals surface area contributed by atoms with E-state index in [9.17, 15) is 22.6 Å². The molecule has 0 aliphatic rings. The van der Waals surface area contributed by atoms with Crippen LogP contribution < -0.4 is 5.73 Å². The number of hydrogen-bond donors (Lipinski definition) is 2. The van der Waals surface area contributed by atoms with Crippen LogP contribution in [-0.2, 0) is 19.6 Å². The normalized spacial score (nSPS) is 14.0. The average molecular weight is 375 g/mol. The minimum absolute atomic E-state index is 0.0766. The van der Waals surface area contributed by atoms with Crippen molar-refractivity contribution in [3.63, 3.8) is 0 Å². The van der Waals surface area contributed by atoms with Crippen LogP contribution in [-0.4, -0.2) is 54.1 Å². The SMILES string of the molecule is CCOC(=O)[C@@H](N)CSCCC(C(=O)c1ccccc1)S(=O)(=O)O. The second-order valence-corrected chi connectivity index (χ2v) is 7.70. The summed E-state index contributed by atoms with van der Waals surface area (Å²) in [5.41, 5.74) is 5.84. The third-order valence-electron chi connectivity index (χ3n) is 3.12. The number of Topliss-reactive ketones (excluding diaryl/α,β-unsaturated/α-hetero) is 1. The molecule has 0 heterocycles. The molecule has 3 N–H and O–H groups in total. The van der Waals surface area contributed by atoms with Crippen molar-refractivity contribution in [1.29, 1.82) is 0 Å². The van der Waals surface area contributed by atoms with Gasteiger partial charge in [0.25, 0.3) is 10.1 Å². The Morgan fingerprint density at radius 2 is 1.92 bits per heavy atom. The van der Waals surface area contributed by atoms with Crippen LogP contribution in [0.2, 0.25) is 0 Å². The first-order valence-corrected chi connectivity index (χ1v) is 9.98. The molecule has 0 fully saturated rings. The number of ether oxygens (including phenoxy) is 1. The Balaban J connectivity index is 2.60. The molecule has 134 valence electrons. The summed E-state index contributed by atoms with van der Waals surface area (Å²) in [4.78, 5) is 23.6. The third-order valence-corrected chi connectivity index (χ3v) is 5.41. The summed E-state index contributed by atoms with van der Waals surface area (Å²) in [6.07, 6.45) is -0.0766. The van der Waals surface area contributed by atoms with Crippen LogP contribution in [0.25, 0.3) is 0 Å². The molecule has 0 radical (unpaired) electrons. The summed E-state index contributed by atoms with van der Waals surface area (Å²) in [6, 6.07) is 7.09. The van der Waals surface area contributed by atoms with Gasteiger partial charge in [0.2, 0.25) is 0 Å². The fourth-order valence-electron chi connectivity index (χ4n) is 1.92. The monoisotopic (exact) mass is 375 g/mol. The molecule has 0 spiro atoms. The van der Waals surface area contributed by atoms with E-state index in [0.29, 0.717) is 0 Å². The highest BCUT2D eigenvalue weighted by Gasteiger charge is 2.31. The van der Waals surface area contributed by atoms with E-state index in [2.05, 4.69) is 0 Å². The van der Waals surface area contributed by atoms with Gasteiger partial charge in [0.15, 0.2) is 11.0 Å². The lowest BCUT2D eigenvalue weighted by atomic mass is 10.1. The fourth-order valence-corrected chi connectivity index (χ4v) is 3.85. The van der Waals surface area contributed by atoms with Crippen molar-refractivity contribution < 1.29 is 27.3 Å². The largest absolute Gasteiger partial charge is 0.465 e. The Morgan fingerprint density at radius 3 is 2.46 bits per heavy atom. The van der Waals surface area contributed by atoms with Gasteiger partial charge in [0.05, 0.1) is 6.61 Å². The predicted octanol–water partition coefficient (Wildman–Crippen LogP) is 1.14. The van der Waals surface area contributed by atoms with E-state index in [4.69, 9.17) is 10.5 Å². The molecular weight excluding hydrogens is 354 g/mol. The lowest BCUT2D eigenvalue weighted by molar-refractivity contribution is -0.144. The Kier molecular flexibility index (Phi) is 8.40. The second kappa shape index (κ2) is 9.77. The molecule has 0 bridgehead atoms. The zero-order chi connectivity index (χ0) is 18.2. The molecule has 24 heavy (non-hydrogen) atoms. The minimum atomic E-state index is -4.52. The van der Waals surface area contributed by atoms with Gasteiger partial charge in [-0.1, -0.05) is 30.3 Å². The van der Waals surface area contributed by atoms with Gasteiger partial charge in [-0.05, 0) is 19.1 Å². The maximum Gasteiger partial charge on any atom is 0.323 e. The van der Waals surface area contributed by atoms with Crippen molar-refractivity contribution in [1.82, 2.24) is 0 Å². The Hall–Kier alpha value is -1.42. The standard InChI is InChI=1S/C15H21NO6S2/c1-2-22-15(18)12(16)10-23-9-8-13(24(19,20)21)14(17)11-6-4-3-5-7-11/h3-7,12-13H,2,8-10,16H2,1H3,(H,19,20,21)/t12-,13?/m0/s1. The van der Waals surface area contributed by atoms with E-state index < -0.39 is 33.2 Å². The molecule has 0 amide bonds. The Bertz CT molecular complexity index is 647. The topological polar surface area (TPSA) is 124 Å². The van der Waals surface area contributed by atoms with E-state index in [0.717, 1.165) is 0 Å². The van der Waals surface area contributed by atoms with Crippen LogP contribution in [0.15, 0.2) is 30.3 Å². The quantitative estimate of drug-likeness (QED) is 0.270. The Labute approximate surface area is 145 Å². The first-order valence-electron chi connectivity index (χ1n) is 7.32. The van der Waals surface area contributed by atoms with Gasteiger partial charge in [-0.25, -0.2) is 0 Å². The number of hydrogen-bond acceptors (Lipinski definition) is 7. The zero-order valence-electron chi connectivity index (χ0n) is 13.3. The number of esters is 1. The van der Waals surface area contributed by atoms with Crippen molar-refractivity contribution in [3.8, 4) is 0 Å². The molecule has 1 aromatic carbocycles. The van der Waals surface area contributed by atoms with Crippen molar-refractivity contribution in [2.45, 2.75) is 24.6 Å². The predicted molar refractivity (Wildman–Crippen MR) is 92.7 cm³/mol. The highest BCUT2D eigenvalue weighted by atomic mass is 32.2. The zero-order valence-corrected chi connectivity index (χ0v) is 14.9. The lowest BCUT2D eigenvalue weighted by Gasteiger charge is -2.14. The number of benzene rings is 1. The first-order chi connectivity index (χ1) is 11.3. The van der Waals surface area contributed by atoms with Crippen LogP contribution >= 0.6 is 11.8 Å². The number of carbonyl (C=O) groups is 2. The van der Waals surface area contributed by atoms with Crippen LogP contribution in [0.4, 0.5) is 0 Å². The lowest BCUT2D eigenvalue weighted by Crippen LogP contribution is -2.35. The van der Waals surface area contributed by atoms with Crippen LogP contribution in [0.5, 0.6) is 0 Å². The van der Waals surface area contributed by atoms with Crippen LogP contribution in [0, 0.1) is 0 Å². The smallest absolute Gasteiger partial charge is 0.323 e. The highest BCUT2D eigenvalue weighted by molar-refractivity contribution is 7.99. The summed E-state index contributed by atoms with van der Waals surface area (Å²) in [5, 5.41) is -1.54. The minimum Gasteiger partial charge on any atom is -0.465 e. The molecule has 2 atom stereocenters. The Morgan fingerprint density at radius 1 is 1.29 bits per heavy atom. The summed E-state index contributed by atoms with van der Waals surface area (Å²) < 4.78 is 37.1. The summed E-state index contributed by atoms with van der Waals surface area (Å²) in [7, 11) is -4.52. The van der Waals surface area contributed by atoms with Gasteiger partial charge < -0.3 is 10.5 Å². The molecule has 1 aromatic rings. The van der Waals surface area contributed by atoms with Crippen molar-refractivity contribution >= 4 is 33.6 Å². The van der Waals surface area contributed by atoms with E-state index >= 15 is 0 Å². The number of nitrogens with two attached hydrogens (primary N) is 1. The van der Waals surface area contributed by atoms with E-state index in [1.54, 1.807) is 25.1 Å². The van der Waals surface area contributed by atoms with Crippen molar-refractivity contribution in [2.24, 2.45) is 5.73 Å². The molecule has 0 saturated heterocycles. The number of thioether (sulfide) groups is 1. The van der Waals surface area contributed by atoms with E-state index in [-0.39, 0.29) is 30.1 Å². The average Bonchev–Trinajstić information content (AvgIpc) is 2.53. The molecule has 0 aromatic heterocycles. The van der Waals surface area contributed by atoms with Crippen molar-refractivity contribution in [2.75, 3.05) is 18.1 Å². The fraction of sp³-hybridized carbons (Fsp3) is 0.467. The molecule has 1 unspecified atom stereocenters. The van der Waals surface area contributed by atoms with Gasteiger partial charge in [0.1, 0.15) is 6.04 Å². The maximum absolute atomic E-state index is 12.3. The molecule has 0 aliphatic carbocycles. The van der Waals surface area contributed by atoms with Gasteiger partial charge >= 0.3 is 5.97 Å². The molecule has 1 rings (SSSR count). The third kappa shape index (κ3) is 6.60. The first kappa shape index (κ1) is 20.6. The summed E-state index contributed by atoms with van der Waals surface area (Å²) >= 11 is 1.22. The van der Waals surface area contributed by atoms with Crippen molar-refractivity contribution in [3.05, 3.63) is 35.9 Å². The molecular formula is C15H21NO6S2.